The smallest absolute Gasteiger partial charge is 0.412 e. The second kappa shape index (κ2) is 13.7. The highest BCUT2D eigenvalue weighted by atomic mass is 35.5. The fraction of sp³-hybridized carbons (Fsp3) is 0.353. The van der Waals surface area contributed by atoms with Crippen LogP contribution in [0, 0.1) is 11.8 Å². The lowest BCUT2D eigenvalue weighted by molar-refractivity contribution is -0.176. The molecular formula is C17H16Cl2F3NO5. The number of carbonyl (C=O) groups excluding carboxylic acids is 3. The van der Waals surface area contributed by atoms with Gasteiger partial charge in [0.25, 0.3) is 0 Å². The molecule has 1 aromatic carbocycles. The Morgan fingerprint density at radius 3 is 2.43 bits per heavy atom. The SMILES string of the molecule is CCOC(=O)C(F)(F)C(=O)CF.O=C(Nc1cccc(Cl)c1)OCC#CCCl. The van der Waals surface area contributed by atoms with E-state index >= 15 is 0 Å². The molecule has 0 bridgehead atoms. The molecule has 1 amide bonds. The lowest BCUT2D eigenvalue weighted by Crippen LogP contribution is -2.40. The van der Waals surface area contributed by atoms with Crippen molar-refractivity contribution >= 4 is 46.7 Å². The minimum absolute atomic E-state index is 0.0130. The summed E-state index contributed by atoms with van der Waals surface area (Å²) >= 11 is 11.1. The first kappa shape index (κ1) is 25.6. The molecule has 0 aliphatic heterocycles. The first-order valence-corrected chi connectivity index (χ1v) is 8.45. The summed E-state index contributed by atoms with van der Waals surface area (Å²) in [6, 6.07) is 6.76. The molecule has 28 heavy (non-hydrogen) atoms. The van der Waals surface area contributed by atoms with Gasteiger partial charge in [-0.2, -0.15) is 8.78 Å². The van der Waals surface area contributed by atoms with Crippen LogP contribution < -0.4 is 5.32 Å². The average Bonchev–Trinajstić information content (AvgIpc) is 2.65. The van der Waals surface area contributed by atoms with Gasteiger partial charge in [0, 0.05) is 10.7 Å². The molecular weight excluding hydrogens is 426 g/mol. The fourth-order valence-electron chi connectivity index (χ4n) is 1.34. The number of hydrogen-bond donors (Lipinski definition) is 1. The molecule has 0 aliphatic carbocycles. The molecule has 0 unspecified atom stereocenters. The van der Waals surface area contributed by atoms with Crippen molar-refractivity contribution in [3.63, 3.8) is 0 Å². The van der Waals surface area contributed by atoms with E-state index in [2.05, 4.69) is 21.9 Å². The van der Waals surface area contributed by atoms with Crippen molar-refractivity contribution in [3.8, 4) is 11.8 Å². The highest BCUT2D eigenvalue weighted by Crippen LogP contribution is 2.17. The Kier molecular flexibility index (Phi) is 12.5. The third-order valence-electron chi connectivity index (χ3n) is 2.54. The van der Waals surface area contributed by atoms with Crippen LogP contribution >= 0.6 is 23.2 Å². The number of amides is 1. The molecule has 0 atom stereocenters. The summed E-state index contributed by atoms with van der Waals surface area (Å²) in [5.74, 6) is -3.09. The summed E-state index contributed by atoms with van der Waals surface area (Å²) in [7, 11) is 0. The Morgan fingerprint density at radius 1 is 1.21 bits per heavy atom. The van der Waals surface area contributed by atoms with Crippen molar-refractivity contribution in [1.82, 2.24) is 0 Å². The van der Waals surface area contributed by atoms with E-state index in [9.17, 15) is 27.6 Å². The van der Waals surface area contributed by atoms with Crippen LogP contribution in [-0.2, 0) is 19.1 Å². The number of esters is 1. The number of benzene rings is 1. The maximum Gasteiger partial charge on any atom is 0.412 e. The van der Waals surface area contributed by atoms with Crippen LogP contribution in [0.25, 0.3) is 0 Å². The predicted octanol–water partition coefficient (Wildman–Crippen LogP) is 3.85. The Balaban J connectivity index is 0.000000546. The van der Waals surface area contributed by atoms with Gasteiger partial charge in [-0.15, -0.1) is 11.6 Å². The minimum atomic E-state index is -4.36. The average molecular weight is 442 g/mol. The number of anilines is 1. The Morgan fingerprint density at radius 2 is 1.89 bits per heavy atom. The zero-order valence-corrected chi connectivity index (χ0v) is 16.1. The van der Waals surface area contributed by atoms with E-state index < -0.39 is 30.4 Å². The lowest BCUT2D eigenvalue weighted by Gasteiger charge is -2.10. The summed E-state index contributed by atoms with van der Waals surface area (Å²) in [5.41, 5.74) is 0.572. The number of ether oxygens (including phenoxy) is 2. The van der Waals surface area contributed by atoms with Gasteiger partial charge in [0.2, 0.25) is 5.78 Å². The van der Waals surface area contributed by atoms with E-state index in [4.69, 9.17) is 27.9 Å². The number of ketones is 1. The largest absolute Gasteiger partial charge is 0.461 e. The summed E-state index contributed by atoms with van der Waals surface area (Å²) in [5, 5.41) is 3.05. The lowest BCUT2D eigenvalue weighted by atomic mass is 10.2. The standard InChI is InChI=1S/C11H9Cl2NO2.C6H7F3O3/c12-6-1-2-7-16-11(15)14-10-5-3-4-9(13)8-10;1-2-12-5(11)6(8,9)4(10)3-7/h3-5,8H,6-7H2,(H,14,15);2-3H2,1H3. The number of alkyl halides is 4. The van der Waals surface area contributed by atoms with Crippen molar-refractivity contribution in [2.24, 2.45) is 0 Å². The van der Waals surface area contributed by atoms with Crippen molar-refractivity contribution < 1.29 is 37.0 Å². The van der Waals surface area contributed by atoms with Crippen molar-refractivity contribution in [3.05, 3.63) is 29.3 Å². The van der Waals surface area contributed by atoms with Gasteiger partial charge in [-0.3, -0.25) is 10.1 Å². The van der Waals surface area contributed by atoms with Crippen LogP contribution in [-0.4, -0.2) is 49.5 Å². The van der Waals surface area contributed by atoms with Crippen molar-refractivity contribution in [1.29, 1.82) is 0 Å². The van der Waals surface area contributed by atoms with E-state index in [1.165, 1.54) is 6.92 Å². The van der Waals surface area contributed by atoms with Crippen molar-refractivity contribution in [2.75, 3.05) is 31.1 Å². The zero-order chi connectivity index (χ0) is 21.6. The third kappa shape index (κ3) is 10.0. The van der Waals surface area contributed by atoms with Gasteiger partial charge in [-0.1, -0.05) is 29.5 Å². The molecule has 154 valence electrons. The van der Waals surface area contributed by atoms with Gasteiger partial charge in [0.1, 0.15) is 0 Å². The quantitative estimate of drug-likeness (QED) is 0.313. The third-order valence-corrected chi connectivity index (χ3v) is 2.91. The van der Waals surface area contributed by atoms with E-state index in [0.29, 0.717) is 10.7 Å². The van der Waals surface area contributed by atoms with Gasteiger partial charge in [0.05, 0.1) is 12.5 Å². The topological polar surface area (TPSA) is 81.7 Å². The van der Waals surface area contributed by atoms with E-state index in [1.54, 1.807) is 24.3 Å². The van der Waals surface area contributed by atoms with Crippen LogP contribution in [0.1, 0.15) is 6.92 Å². The molecule has 0 saturated carbocycles. The van der Waals surface area contributed by atoms with Crippen LogP contribution in [0.15, 0.2) is 24.3 Å². The monoisotopic (exact) mass is 441 g/mol. The fourth-order valence-corrected chi connectivity index (χ4v) is 1.62. The second-order valence-electron chi connectivity index (χ2n) is 4.55. The minimum Gasteiger partial charge on any atom is -0.461 e. The normalized spacial score (nSPS) is 9.79. The Bertz CT molecular complexity index is 735. The van der Waals surface area contributed by atoms with Gasteiger partial charge in [-0.05, 0) is 25.1 Å². The summed E-state index contributed by atoms with van der Waals surface area (Å²) in [4.78, 5) is 31.6. The molecule has 1 N–H and O–H groups in total. The Labute approximate surface area is 169 Å². The molecule has 1 aromatic rings. The number of hydrogen-bond acceptors (Lipinski definition) is 5. The van der Waals surface area contributed by atoms with Crippen LogP contribution in [0.4, 0.5) is 23.7 Å². The van der Waals surface area contributed by atoms with E-state index in [1.807, 2.05) is 0 Å². The number of halogens is 5. The van der Waals surface area contributed by atoms with Gasteiger partial charge in [-0.25, -0.2) is 14.0 Å². The molecule has 1 rings (SSSR count). The first-order valence-electron chi connectivity index (χ1n) is 7.54. The highest BCUT2D eigenvalue weighted by Gasteiger charge is 2.48. The zero-order valence-electron chi connectivity index (χ0n) is 14.6. The van der Waals surface area contributed by atoms with Gasteiger partial charge < -0.3 is 9.47 Å². The maximum atomic E-state index is 12.3. The highest BCUT2D eigenvalue weighted by molar-refractivity contribution is 6.30. The number of nitrogens with one attached hydrogen (secondary N) is 1. The molecule has 0 radical (unpaired) electrons. The number of rotatable bonds is 6. The molecule has 0 fully saturated rings. The first-order chi connectivity index (χ1) is 13.2. The summed E-state index contributed by atoms with van der Waals surface area (Å²) in [6.45, 7) is -0.854. The predicted molar refractivity (Wildman–Crippen MR) is 97.5 cm³/mol. The van der Waals surface area contributed by atoms with Crippen LogP contribution in [0.2, 0.25) is 5.02 Å². The summed E-state index contributed by atoms with van der Waals surface area (Å²) < 4.78 is 44.7. The van der Waals surface area contributed by atoms with Gasteiger partial charge >= 0.3 is 18.0 Å². The maximum absolute atomic E-state index is 12.3. The van der Waals surface area contributed by atoms with E-state index in [-0.39, 0.29) is 19.1 Å². The Hall–Kier alpha value is -2.44. The molecule has 0 aromatic heterocycles. The molecule has 0 saturated heterocycles. The summed E-state index contributed by atoms with van der Waals surface area (Å²) in [6.07, 6.45) is -0.578. The number of carbonyl (C=O) groups is 3. The van der Waals surface area contributed by atoms with Crippen LogP contribution in [0.3, 0.4) is 0 Å². The molecule has 0 aliphatic rings. The van der Waals surface area contributed by atoms with Crippen molar-refractivity contribution in [2.45, 2.75) is 12.8 Å². The molecule has 0 spiro atoms. The second-order valence-corrected chi connectivity index (χ2v) is 5.25. The molecule has 6 nitrogen and oxygen atoms in total. The molecule has 0 heterocycles. The number of Topliss-reactive ketones (excluding diaryl/α,β-unsaturated/α-hetero) is 1. The van der Waals surface area contributed by atoms with Crippen LogP contribution in [0.5, 0.6) is 0 Å². The molecule has 11 heteroatoms. The van der Waals surface area contributed by atoms with Gasteiger partial charge in [0.15, 0.2) is 13.3 Å². The van der Waals surface area contributed by atoms with E-state index in [0.717, 1.165) is 0 Å².